The molecule has 0 saturated heterocycles. The lowest BCUT2D eigenvalue weighted by atomic mass is 9.87. The van der Waals surface area contributed by atoms with Crippen LogP contribution in [0.1, 0.15) is 38.8 Å². The zero-order chi connectivity index (χ0) is 19.0. The molecular weight excluding hydrogens is 357 g/mol. The predicted octanol–water partition coefficient (Wildman–Crippen LogP) is 5.20. The number of hydrogen-bond donors (Lipinski definition) is 0. The Bertz CT molecular complexity index is 703. The van der Waals surface area contributed by atoms with Crippen LogP contribution in [0, 0.1) is 5.41 Å². The zero-order valence-corrected chi connectivity index (χ0v) is 15.2. The van der Waals surface area contributed by atoms with E-state index in [1.165, 1.54) is 19.1 Å². The first-order chi connectivity index (χ1) is 11.4. The summed E-state index contributed by atoms with van der Waals surface area (Å²) in [5, 5.41) is 0.419. The Morgan fingerprint density at radius 2 is 1.92 bits per heavy atom. The maximum absolute atomic E-state index is 13.3. The van der Waals surface area contributed by atoms with Crippen LogP contribution in [0.4, 0.5) is 13.2 Å². The molecule has 1 aromatic carbocycles. The molecule has 0 aromatic heterocycles. The van der Waals surface area contributed by atoms with Gasteiger partial charge in [0.1, 0.15) is 5.75 Å². The van der Waals surface area contributed by atoms with Crippen LogP contribution in [0.2, 0.25) is 5.02 Å². The zero-order valence-electron chi connectivity index (χ0n) is 14.5. The molecule has 1 aromatic rings. The summed E-state index contributed by atoms with van der Waals surface area (Å²) in [6, 6.07) is 3.03. The normalized spacial score (nSPS) is 17.4. The number of halogens is 4. The van der Waals surface area contributed by atoms with E-state index < -0.39 is 23.8 Å². The van der Waals surface area contributed by atoms with Crippen molar-refractivity contribution in [3.8, 4) is 5.75 Å². The number of benzene rings is 1. The summed E-state index contributed by atoms with van der Waals surface area (Å²) in [5.74, 6) is -0.996. The fourth-order valence-corrected chi connectivity index (χ4v) is 2.83. The van der Waals surface area contributed by atoms with Gasteiger partial charge in [-0.05, 0) is 42.5 Å². The third-order valence-electron chi connectivity index (χ3n) is 3.55. The van der Waals surface area contributed by atoms with Crippen molar-refractivity contribution in [1.29, 1.82) is 0 Å². The van der Waals surface area contributed by atoms with E-state index in [0.29, 0.717) is 22.6 Å². The Balaban J connectivity index is 2.50. The summed E-state index contributed by atoms with van der Waals surface area (Å²) in [6.45, 7) is 7.50. The monoisotopic (exact) mass is 376 g/mol. The minimum atomic E-state index is -4.74. The van der Waals surface area contributed by atoms with Gasteiger partial charge in [-0.3, -0.25) is 0 Å². The lowest BCUT2D eigenvalue weighted by Crippen LogP contribution is -2.40. The van der Waals surface area contributed by atoms with Crippen molar-refractivity contribution >= 4 is 23.6 Å². The van der Waals surface area contributed by atoms with Crippen LogP contribution in [0.5, 0.6) is 5.75 Å². The van der Waals surface area contributed by atoms with Gasteiger partial charge in [0.15, 0.2) is 0 Å². The van der Waals surface area contributed by atoms with E-state index >= 15 is 0 Å². The summed E-state index contributed by atoms with van der Waals surface area (Å²) in [4.78, 5) is 11.9. The largest absolute Gasteiger partial charge is 0.475 e. The minimum absolute atomic E-state index is 0.0289. The number of esters is 1. The highest BCUT2D eigenvalue weighted by Crippen LogP contribution is 2.40. The van der Waals surface area contributed by atoms with Crippen molar-refractivity contribution < 1.29 is 27.4 Å². The van der Waals surface area contributed by atoms with Crippen molar-refractivity contribution in [3.05, 3.63) is 33.9 Å². The van der Waals surface area contributed by atoms with Gasteiger partial charge in [0, 0.05) is 10.6 Å². The smallest absolute Gasteiger partial charge is 0.430 e. The van der Waals surface area contributed by atoms with Gasteiger partial charge in [0.05, 0.1) is 12.2 Å². The second kappa shape index (κ2) is 6.90. The molecule has 7 heteroatoms. The molecule has 1 aliphatic heterocycles. The number of hydrogen-bond acceptors (Lipinski definition) is 3. The van der Waals surface area contributed by atoms with E-state index in [1.54, 1.807) is 0 Å². The Hall–Kier alpha value is -1.69. The second-order valence-corrected chi connectivity index (χ2v) is 7.49. The van der Waals surface area contributed by atoms with Gasteiger partial charge in [-0.2, -0.15) is 13.2 Å². The third-order valence-corrected chi connectivity index (χ3v) is 3.90. The Morgan fingerprint density at radius 3 is 2.44 bits per heavy atom. The van der Waals surface area contributed by atoms with Gasteiger partial charge in [-0.1, -0.05) is 32.4 Å². The Kier molecular flexibility index (Phi) is 5.42. The molecule has 0 bridgehead atoms. The highest BCUT2D eigenvalue weighted by Gasteiger charge is 2.48. The van der Waals surface area contributed by atoms with Crippen molar-refractivity contribution in [2.45, 2.75) is 46.4 Å². The van der Waals surface area contributed by atoms with Crippen molar-refractivity contribution in [2.24, 2.45) is 5.41 Å². The topological polar surface area (TPSA) is 35.5 Å². The molecule has 1 unspecified atom stereocenters. The number of ether oxygens (including phenoxy) is 2. The number of rotatable bonds is 3. The molecule has 1 heterocycles. The number of carbonyl (C=O) groups excluding carboxylic acids is 1. The summed E-state index contributed by atoms with van der Waals surface area (Å²) in [5.41, 5.74) is 0.344. The number of alkyl halides is 3. The van der Waals surface area contributed by atoms with E-state index in [9.17, 15) is 18.0 Å². The highest BCUT2D eigenvalue weighted by molar-refractivity contribution is 6.31. The van der Waals surface area contributed by atoms with Crippen LogP contribution < -0.4 is 4.74 Å². The molecule has 0 spiro atoms. The molecule has 138 valence electrons. The van der Waals surface area contributed by atoms with E-state index in [4.69, 9.17) is 21.1 Å². The maximum atomic E-state index is 13.3. The van der Waals surface area contributed by atoms with E-state index in [0.717, 1.165) is 6.08 Å². The average molecular weight is 377 g/mol. The maximum Gasteiger partial charge on any atom is 0.430 e. The van der Waals surface area contributed by atoms with Gasteiger partial charge in [0.25, 0.3) is 0 Å². The fraction of sp³-hybridized carbons (Fsp3) is 0.500. The van der Waals surface area contributed by atoms with E-state index in [2.05, 4.69) is 0 Å². The first kappa shape index (κ1) is 19.6. The highest BCUT2D eigenvalue weighted by atomic mass is 35.5. The first-order valence-electron chi connectivity index (χ1n) is 7.87. The third kappa shape index (κ3) is 4.69. The van der Waals surface area contributed by atoms with Crippen molar-refractivity contribution in [2.75, 3.05) is 6.61 Å². The molecule has 2 rings (SSSR count). The molecular formula is C18H20ClF3O3. The van der Waals surface area contributed by atoms with E-state index in [-0.39, 0.29) is 17.8 Å². The number of carbonyl (C=O) groups is 1. The molecule has 0 aliphatic carbocycles. The lowest BCUT2D eigenvalue weighted by Gasteiger charge is -2.29. The second-order valence-electron chi connectivity index (χ2n) is 7.08. The lowest BCUT2D eigenvalue weighted by molar-refractivity contribution is -0.187. The molecule has 0 saturated carbocycles. The van der Waals surface area contributed by atoms with Crippen LogP contribution in [-0.4, -0.2) is 24.9 Å². The first-order valence-corrected chi connectivity index (χ1v) is 8.24. The summed E-state index contributed by atoms with van der Waals surface area (Å²) >= 11 is 6.26. The fourth-order valence-electron chi connectivity index (χ4n) is 2.59. The van der Waals surface area contributed by atoms with Crippen LogP contribution in [0.25, 0.3) is 6.08 Å². The predicted molar refractivity (Wildman–Crippen MR) is 89.7 cm³/mol. The molecule has 3 nitrogen and oxygen atoms in total. The van der Waals surface area contributed by atoms with Gasteiger partial charge < -0.3 is 9.47 Å². The molecule has 25 heavy (non-hydrogen) atoms. The van der Waals surface area contributed by atoms with Crippen LogP contribution >= 0.6 is 11.6 Å². The van der Waals surface area contributed by atoms with Gasteiger partial charge >= 0.3 is 12.1 Å². The molecule has 0 radical (unpaired) electrons. The van der Waals surface area contributed by atoms with Crippen LogP contribution in [0.3, 0.4) is 0 Å². The Morgan fingerprint density at radius 1 is 1.28 bits per heavy atom. The number of fused-ring (bicyclic) bond motifs is 1. The van der Waals surface area contributed by atoms with Crippen LogP contribution in [0.15, 0.2) is 17.7 Å². The molecule has 0 N–H and O–H groups in total. The SMILES string of the molecule is CCOC(=O)C1=Cc2cc(Cl)c(CC(C)(C)C)cc2OC1C(F)(F)F. The Labute approximate surface area is 149 Å². The molecule has 0 fully saturated rings. The summed E-state index contributed by atoms with van der Waals surface area (Å²) < 4.78 is 49.9. The molecule has 0 amide bonds. The quantitative estimate of drug-likeness (QED) is 0.680. The van der Waals surface area contributed by atoms with Gasteiger partial charge in [-0.15, -0.1) is 0 Å². The van der Waals surface area contributed by atoms with E-state index in [1.807, 2.05) is 20.8 Å². The molecule has 1 aliphatic rings. The molecule has 1 atom stereocenters. The van der Waals surface area contributed by atoms with Crippen molar-refractivity contribution in [3.63, 3.8) is 0 Å². The average Bonchev–Trinajstić information content (AvgIpc) is 2.44. The van der Waals surface area contributed by atoms with Crippen LogP contribution in [-0.2, 0) is 16.0 Å². The van der Waals surface area contributed by atoms with Gasteiger partial charge in [0.2, 0.25) is 6.10 Å². The summed E-state index contributed by atoms with van der Waals surface area (Å²) in [6.07, 6.45) is -5.38. The van der Waals surface area contributed by atoms with Gasteiger partial charge in [-0.25, -0.2) is 4.79 Å². The standard InChI is InChI=1S/C18H20ClF3O3/c1-5-24-16(23)12-6-10-7-13(19)11(9-17(2,3)4)8-14(10)25-15(12)18(20,21)22/h6-8,15H,5,9H2,1-4H3. The summed E-state index contributed by atoms with van der Waals surface area (Å²) in [7, 11) is 0. The van der Waals surface area contributed by atoms with Crippen molar-refractivity contribution in [1.82, 2.24) is 0 Å². The minimum Gasteiger partial charge on any atom is -0.475 e.